The minimum atomic E-state index is -0.733. The lowest BCUT2D eigenvalue weighted by Crippen LogP contribution is -2.50. The molecule has 0 unspecified atom stereocenters. The first-order valence-corrected chi connectivity index (χ1v) is 13.2. The number of carbonyl (C=O) groups excluding carboxylic acids is 2. The van der Waals surface area contributed by atoms with Gasteiger partial charge in [-0.05, 0) is 87.5 Å². The van der Waals surface area contributed by atoms with Crippen molar-refractivity contribution in [2.24, 2.45) is 17.8 Å². The van der Waals surface area contributed by atoms with E-state index < -0.39 is 12.0 Å². The zero-order valence-electron chi connectivity index (χ0n) is 21.5. The van der Waals surface area contributed by atoms with Crippen molar-refractivity contribution in [2.45, 2.75) is 65.0 Å². The third-order valence-electron chi connectivity index (χ3n) is 7.40. The summed E-state index contributed by atoms with van der Waals surface area (Å²) in [7, 11) is 0. The number of halogens is 1. The lowest BCUT2D eigenvalue weighted by Gasteiger charge is -2.27. The summed E-state index contributed by atoms with van der Waals surface area (Å²) in [6.07, 6.45) is 10.1. The summed E-state index contributed by atoms with van der Waals surface area (Å²) >= 11 is 0. The molecule has 8 nitrogen and oxygen atoms in total. The number of rotatable bonds is 10. The number of amides is 2. The predicted octanol–water partition coefficient (Wildman–Crippen LogP) is 4.21. The van der Waals surface area contributed by atoms with Crippen LogP contribution in [0.5, 0.6) is 0 Å². The van der Waals surface area contributed by atoms with Crippen LogP contribution >= 0.6 is 0 Å². The molecular weight excluding hydrogens is 471 g/mol. The molecule has 0 saturated heterocycles. The molecule has 0 aliphatic heterocycles. The quantitative estimate of drug-likeness (QED) is 0.403. The van der Waals surface area contributed by atoms with E-state index in [1.54, 1.807) is 41.5 Å². The molecule has 1 atom stereocenters. The average Bonchev–Trinajstić information content (AvgIpc) is 3.83. The van der Waals surface area contributed by atoms with Crippen LogP contribution in [0.2, 0.25) is 0 Å². The molecule has 3 aromatic heterocycles. The maximum absolute atomic E-state index is 15.1. The van der Waals surface area contributed by atoms with Crippen LogP contribution in [-0.4, -0.2) is 32.6 Å². The van der Waals surface area contributed by atoms with Crippen LogP contribution < -0.4 is 15.6 Å². The topological polar surface area (TPSA) is 103 Å². The molecule has 0 aromatic carbocycles. The molecule has 2 aliphatic carbocycles. The summed E-state index contributed by atoms with van der Waals surface area (Å²) in [6, 6.07) is 6.09. The summed E-state index contributed by atoms with van der Waals surface area (Å²) in [6.45, 7) is 5.91. The highest BCUT2D eigenvalue weighted by Crippen LogP contribution is 2.51. The maximum atomic E-state index is 15.1. The zero-order valence-corrected chi connectivity index (χ0v) is 21.5. The molecule has 5 rings (SSSR count). The number of H-pyrrole nitrogens is 1. The maximum Gasteiger partial charge on any atom is 0.270 e. The fourth-order valence-electron chi connectivity index (χ4n) is 5.28. The van der Waals surface area contributed by atoms with E-state index in [9.17, 15) is 9.59 Å². The number of nitrogens with one attached hydrogen (secondary N) is 3. The second-order valence-corrected chi connectivity index (χ2v) is 10.4. The number of hydrogen-bond acceptors (Lipinski definition) is 4. The second kappa shape index (κ2) is 10.4. The monoisotopic (exact) mass is 505 g/mol. The summed E-state index contributed by atoms with van der Waals surface area (Å²) in [5.74, 6) is -0.361. The highest BCUT2D eigenvalue weighted by Gasteiger charge is 2.48. The Balaban J connectivity index is 1.38. The molecule has 0 bridgehead atoms. The Labute approximate surface area is 216 Å². The van der Waals surface area contributed by atoms with Gasteiger partial charge in [0.2, 0.25) is 11.9 Å². The SMILES string of the molecule is CCc1cc[nH+]cc1-c1ccc(NC(=O)[C@@H](NC(=O)c2ccnn2C(C)C)C(C2CC2)C2CC2)nc1F. The molecule has 2 saturated carbocycles. The molecule has 0 radical (unpaired) electrons. The molecule has 2 amide bonds. The van der Waals surface area contributed by atoms with Crippen molar-refractivity contribution in [3.63, 3.8) is 0 Å². The molecule has 2 fully saturated rings. The Morgan fingerprint density at radius 1 is 1.11 bits per heavy atom. The molecule has 9 heteroatoms. The number of carbonyl (C=O) groups is 2. The van der Waals surface area contributed by atoms with Crippen LogP contribution in [0.4, 0.5) is 10.2 Å². The normalized spacial score (nSPS) is 16.2. The Morgan fingerprint density at radius 3 is 2.46 bits per heavy atom. The van der Waals surface area contributed by atoms with Crippen molar-refractivity contribution in [3.05, 3.63) is 60.1 Å². The van der Waals surface area contributed by atoms with Crippen LogP contribution in [0, 0.1) is 23.7 Å². The van der Waals surface area contributed by atoms with E-state index in [2.05, 4.69) is 25.7 Å². The number of anilines is 1. The number of pyridine rings is 2. The highest BCUT2D eigenvalue weighted by molar-refractivity contribution is 6.00. The number of nitrogens with zero attached hydrogens (tertiary/aromatic N) is 3. The van der Waals surface area contributed by atoms with Crippen molar-refractivity contribution in [1.29, 1.82) is 0 Å². The Morgan fingerprint density at radius 2 is 1.84 bits per heavy atom. The van der Waals surface area contributed by atoms with Gasteiger partial charge in [0.15, 0.2) is 12.4 Å². The standard InChI is InChI=1S/C28H33FN6O2/c1-4-17-11-13-30-15-21(17)20-9-10-23(32-26(20)29)33-28(37)25(24(18-5-6-18)19-7-8-19)34-27(36)22-12-14-31-35(22)16(2)3/h9-16,18-19,24-25H,4-8H2,1-3H3,(H,34,36)(H,32,33,37)/p+1/t25-/m0/s1. The predicted molar refractivity (Wildman–Crippen MR) is 137 cm³/mol. The smallest absolute Gasteiger partial charge is 0.270 e. The van der Waals surface area contributed by atoms with Gasteiger partial charge >= 0.3 is 0 Å². The molecule has 3 aromatic rings. The van der Waals surface area contributed by atoms with Gasteiger partial charge in [-0.3, -0.25) is 14.3 Å². The van der Waals surface area contributed by atoms with E-state index in [-0.39, 0.29) is 29.6 Å². The summed E-state index contributed by atoms with van der Waals surface area (Å²) in [5.41, 5.74) is 2.52. The van der Waals surface area contributed by atoms with Crippen LogP contribution in [0.15, 0.2) is 42.9 Å². The van der Waals surface area contributed by atoms with E-state index in [1.165, 1.54) is 0 Å². The van der Waals surface area contributed by atoms with Gasteiger partial charge < -0.3 is 10.6 Å². The number of hydrogen-bond donors (Lipinski definition) is 2. The summed E-state index contributed by atoms with van der Waals surface area (Å²) < 4.78 is 16.7. The van der Waals surface area contributed by atoms with Gasteiger partial charge in [0.05, 0.1) is 5.56 Å². The lowest BCUT2D eigenvalue weighted by atomic mass is 9.88. The number of aromatic amines is 1. The van der Waals surface area contributed by atoms with Gasteiger partial charge in [-0.25, -0.2) is 9.97 Å². The Kier molecular flexibility index (Phi) is 7.04. The summed E-state index contributed by atoms with van der Waals surface area (Å²) in [5, 5.41) is 10.0. The van der Waals surface area contributed by atoms with Crippen molar-refractivity contribution in [2.75, 3.05) is 5.32 Å². The minimum Gasteiger partial charge on any atom is -0.339 e. The van der Waals surface area contributed by atoms with Gasteiger partial charge in [0.25, 0.3) is 5.91 Å². The zero-order chi connectivity index (χ0) is 26.1. The van der Waals surface area contributed by atoms with Crippen LogP contribution in [0.3, 0.4) is 0 Å². The molecule has 37 heavy (non-hydrogen) atoms. The molecule has 2 aliphatic rings. The second-order valence-electron chi connectivity index (χ2n) is 10.4. The number of aryl methyl sites for hydroxylation is 1. The average molecular weight is 506 g/mol. The van der Waals surface area contributed by atoms with Gasteiger partial charge in [0.1, 0.15) is 17.6 Å². The van der Waals surface area contributed by atoms with Gasteiger partial charge in [0, 0.05) is 23.9 Å². The van der Waals surface area contributed by atoms with E-state index in [1.807, 2.05) is 26.8 Å². The molecule has 3 N–H and O–H groups in total. The first kappa shape index (κ1) is 25.0. The van der Waals surface area contributed by atoms with E-state index in [0.29, 0.717) is 23.1 Å². The summed E-state index contributed by atoms with van der Waals surface area (Å²) in [4.78, 5) is 33.9. The first-order chi connectivity index (χ1) is 17.9. The Bertz CT molecular complexity index is 1290. The fraction of sp³-hybridized carbons (Fsp3) is 0.464. The Hall–Kier alpha value is -3.62. The van der Waals surface area contributed by atoms with Crippen molar-refractivity contribution < 1.29 is 19.0 Å². The van der Waals surface area contributed by atoms with Gasteiger partial charge in [-0.2, -0.15) is 9.49 Å². The molecule has 194 valence electrons. The third-order valence-corrected chi connectivity index (χ3v) is 7.40. The first-order valence-electron chi connectivity index (χ1n) is 13.2. The third kappa shape index (κ3) is 5.40. The molecule has 3 heterocycles. The fourth-order valence-corrected chi connectivity index (χ4v) is 5.28. The van der Waals surface area contributed by atoms with E-state index >= 15 is 4.39 Å². The van der Waals surface area contributed by atoms with Gasteiger partial charge in [-0.15, -0.1) is 0 Å². The minimum absolute atomic E-state index is 0.00631. The molecular formula is C28H34FN6O2+. The van der Waals surface area contributed by atoms with Crippen LogP contribution in [-0.2, 0) is 11.2 Å². The van der Waals surface area contributed by atoms with Crippen molar-refractivity contribution in [3.8, 4) is 11.1 Å². The van der Waals surface area contributed by atoms with Crippen molar-refractivity contribution >= 4 is 17.6 Å². The molecule has 0 spiro atoms. The van der Waals surface area contributed by atoms with Crippen LogP contribution in [0.1, 0.15) is 68.5 Å². The highest BCUT2D eigenvalue weighted by atomic mass is 19.1. The largest absolute Gasteiger partial charge is 0.339 e. The van der Waals surface area contributed by atoms with Gasteiger partial charge in [-0.1, -0.05) is 6.92 Å². The number of aromatic nitrogens is 4. The van der Waals surface area contributed by atoms with E-state index in [4.69, 9.17) is 0 Å². The van der Waals surface area contributed by atoms with E-state index in [0.717, 1.165) is 43.2 Å². The lowest BCUT2D eigenvalue weighted by molar-refractivity contribution is -0.377. The van der Waals surface area contributed by atoms with Crippen LogP contribution in [0.25, 0.3) is 11.1 Å². The van der Waals surface area contributed by atoms with Crippen molar-refractivity contribution in [1.82, 2.24) is 20.1 Å².